The second-order valence-corrected chi connectivity index (χ2v) is 6.75. The normalized spacial score (nSPS) is 16.7. The summed E-state index contributed by atoms with van der Waals surface area (Å²) in [5.41, 5.74) is 3.50. The van der Waals surface area contributed by atoms with E-state index in [-0.39, 0.29) is 11.1 Å². The van der Waals surface area contributed by atoms with Crippen LogP contribution >= 0.6 is 23.4 Å². The van der Waals surface area contributed by atoms with Gasteiger partial charge < -0.3 is 4.57 Å². The first-order chi connectivity index (χ1) is 10.9. The zero-order valence-electron chi connectivity index (χ0n) is 13.0. The molecule has 2 heterocycles. The molecular weight excluding hydrogens is 332 g/mol. The van der Waals surface area contributed by atoms with Crippen LogP contribution in [0.25, 0.3) is 6.08 Å². The van der Waals surface area contributed by atoms with Crippen molar-refractivity contribution in [2.45, 2.75) is 13.8 Å². The number of anilines is 1. The predicted octanol–water partition coefficient (Wildman–Crippen LogP) is 4.54. The molecule has 3 rings (SSSR count). The minimum atomic E-state index is -0.339. The van der Waals surface area contributed by atoms with Crippen LogP contribution in [0.3, 0.4) is 0 Å². The van der Waals surface area contributed by atoms with Gasteiger partial charge >= 0.3 is 0 Å². The van der Waals surface area contributed by atoms with Crippen molar-refractivity contribution in [2.75, 3.05) is 4.90 Å². The molecule has 0 atom stereocenters. The van der Waals surface area contributed by atoms with Crippen LogP contribution in [-0.2, 0) is 11.8 Å². The Hall–Kier alpha value is -1.98. The third-order valence-electron chi connectivity index (χ3n) is 3.99. The largest absolute Gasteiger partial charge is 0.352 e. The van der Waals surface area contributed by atoms with E-state index in [1.54, 1.807) is 30.3 Å². The molecule has 2 amide bonds. The molecule has 0 aliphatic carbocycles. The molecule has 1 saturated heterocycles. The van der Waals surface area contributed by atoms with E-state index < -0.39 is 0 Å². The van der Waals surface area contributed by atoms with Crippen LogP contribution in [0.4, 0.5) is 10.5 Å². The number of nitrogens with zero attached hydrogens (tertiary/aromatic N) is 2. The number of carbonyl (C=O) groups is 2. The van der Waals surface area contributed by atoms with E-state index in [9.17, 15) is 9.59 Å². The van der Waals surface area contributed by atoms with Crippen molar-refractivity contribution in [3.8, 4) is 0 Å². The Morgan fingerprint density at radius 1 is 1.17 bits per heavy atom. The lowest BCUT2D eigenvalue weighted by molar-refractivity contribution is -0.113. The first-order valence-electron chi connectivity index (χ1n) is 7.05. The van der Waals surface area contributed by atoms with E-state index in [0.29, 0.717) is 15.6 Å². The van der Waals surface area contributed by atoms with Gasteiger partial charge in [0.15, 0.2) is 0 Å². The molecule has 1 aromatic heterocycles. The van der Waals surface area contributed by atoms with Crippen LogP contribution in [0.15, 0.2) is 35.2 Å². The molecule has 4 nitrogen and oxygen atoms in total. The van der Waals surface area contributed by atoms with Gasteiger partial charge in [-0.2, -0.15) is 0 Å². The summed E-state index contributed by atoms with van der Waals surface area (Å²) in [7, 11) is 1.97. The van der Waals surface area contributed by atoms with Crippen molar-refractivity contribution >= 4 is 46.3 Å². The van der Waals surface area contributed by atoms with E-state index >= 15 is 0 Å². The van der Waals surface area contributed by atoms with Crippen LogP contribution in [0.2, 0.25) is 5.02 Å². The molecule has 2 aromatic rings. The van der Waals surface area contributed by atoms with Crippen molar-refractivity contribution in [1.29, 1.82) is 0 Å². The van der Waals surface area contributed by atoms with Gasteiger partial charge in [-0.25, -0.2) is 4.90 Å². The average molecular weight is 347 g/mol. The minimum Gasteiger partial charge on any atom is -0.352 e. The molecule has 118 valence electrons. The maximum Gasteiger partial charge on any atom is 0.298 e. The summed E-state index contributed by atoms with van der Waals surface area (Å²) in [6, 6.07) is 8.84. The zero-order valence-corrected chi connectivity index (χ0v) is 14.5. The molecule has 0 spiro atoms. The topological polar surface area (TPSA) is 42.3 Å². The number of rotatable bonds is 2. The Balaban J connectivity index is 2.00. The highest BCUT2D eigenvalue weighted by molar-refractivity contribution is 8.19. The number of halogens is 1. The maximum absolute atomic E-state index is 12.6. The molecule has 1 aliphatic rings. The lowest BCUT2D eigenvalue weighted by Crippen LogP contribution is -2.27. The molecular formula is C17H15ClN2O2S. The lowest BCUT2D eigenvalue weighted by Gasteiger charge is -2.13. The van der Waals surface area contributed by atoms with Gasteiger partial charge in [0.2, 0.25) is 0 Å². The molecule has 1 aliphatic heterocycles. The third kappa shape index (κ3) is 2.71. The van der Waals surface area contributed by atoms with Crippen molar-refractivity contribution in [3.05, 3.63) is 57.2 Å². The summed E-state index contributed by atoms with van der Waals surface area (Å²) in [5, 5.41) is 0.0439. The Labute approximate surface area is 143 Å². The van der Waals surface area contributed by atoms with E-state index in [2.05, 4.69) is 0 Å². The van der Waals surface area contributed by atoms with Crippen LogP contribution in [0, 0.1) is 13.8 Å². The summed E-state index contributed by atoms with van der Waals surface area (Å²) in [6.07, 6.45) is 1.77. The fraction of sp³-hybridized carbons (Fsp3) is 0.176. The van der Waals surface area contributed by atoms with Crippen molar-refractivity contribution < 1.29 is 9.59 Å². The van der Waals surface area contributed by atoms with Gasteiger partial charge in [0.1, 0.15) is 0 Å². The Kier molecular flexibility index (Phi) is 4.08. The standard InChI is InChI=1S/C17H15ClN2O2S/c1-10-8-12(11(2)19(10)3)9-15-16(21)20(17(22)23-15)14-7-5-4-6-13(14)18/h4-9H,1-3H3/b15-9-. The predicted molar refractivity (Wildman–Crippen MR) is 94.8 cm³/mol. The smallest absolute Gasteiger partial charge is 0.298 e. The number of benzene rings is 1. The summed E-state index contributed by atoms with van der Waals surface area (Å²) in [4.78, 5) is 26.4. The van der Waals surface area contributed by atoms with Crippen LogP contribution in [0.1, 0.15) is 17.0 Å². The van der Waals surface area contributed by atoms with Crippen molar-refractivity contribution in [3.63, 3.8) is 0 Å². The number of aromatic nitrogens is 1. The number of carbonyl (C=O) groups excluding carboxylic acids is 2. The van der Waals surface area contributed by atoms with Gasteiger partial charge in [-0.05, 0) is 55.4 Å². The fourth-order valence-corrected chi connectivity index (χ4v) is 3.53. The van der Waals surface area contributed by atoms with Crippen LogP contribution in [-0.4, -0.2) is 15.7 Å². The number of hydrogen-bond donors (Lipinski definition) is 0. The quantitative estimate of drug-likeness (QED) is 0.750. The number of hydrogen-bond acceptors (Lipinski definition) is 3. The van der Waals surface area contributed by atoms with E-state index in [0.717, 1.165) is 33.6 Å². The second kappa shape index (κ2) is 5.91. The number of imide groups is 1. The molecule has 0 unspecified atom stereocenters. The monoisotopic (exact) mass is 346 g/mol. The SMILES string of the molecule is Cc1cc(/C=C2\SC(=O)N(c3ccccc3Cl)C2=O)c(C)n1C. The molecule has 6 heteroatoms. The Bertz CT molecular complexity index is 854. The zero-order chi connectivity index (χ0) is 16.7. The lowest BCUT2D eigenvalue weighted by atomic mass is 10.2. The van der Waals surface area contributed by atoms with Crippen LogP contribution < -0.4 is 4.90 Å². The third-order valence-corrected chi connectivity index (χ3v) is 5.18. The number of amides is 2. The van der Waals surface area contributed by atoms with Gasteiger partial charge in [0.25, 0.3) is 11.1 Å². The molecule has 0 saturated carbocycles. The first-order valence-corrected chi connectivity index (χ1v) is 8.25. The van der Waals surface area contributed by atoms with Crippen LogP contribution in [0.5, 0.6) is 0 Å². The molecule has 1 fully saturated rings. The summed E-state index contributed by atoms with van der Waals surface area (Å²) >= 11 is 7.05. The van der Waals surface area contributed by atoms with E-state index in [1.165, 1.54) is 0 Å². The van der Waals surface area contributed by atoms with Gasteiger partial charge in [-0.3, -0.25) is 9.59 Å². The highest BCUT2D eigenvalue weighted by Gasteiger charge is 2.37. The van der Waals surface area contributed by atoms with E-state index in [1.807, 2.05) is 31.5 Å². The highest BCUT2D eigenvalue weighted by atomic mass is 35.5. The average Bonchev–Trinajstić information content (AvgIpc) is 2.92. The highest BCUT2D eigenvalue weighted by Crippen LogP contribution is 2.38. The van der Waals surface area contributed by atoms with Gasteiger partial charge in [0.05, 0.1) is 15.6 Å². The van der Waals surface area contributed by atoms with Gasteiger partial charge in [-0.15, -0.1) is 0 Å². The maximum atomic E-state index is 12.6. The number of aryl methyl sites for hydroxylation is 1. The molecule has 0 radical (unpaired) electrons. The van der Waals surface area contributed by atoms with Crippen molar-refractivity contribution in [1.82, 2.24) is 4.57 Å². The first kappa shape index (κ1) is 15.9. The molecule has 0 bridgehead atoms. The second-order valence-electron chi connectivity index (χ2n) is 5.35. The Morgan fingerprint density at radius 3 is 2.48 bits per heavy atom. The minimum absolute atomic E-state index is 0.334. The summed E-state index contributed by atoms with van der Waals surface area (Å²) in [5.74, 6) is -0.339. The summed E-state index contributed by atoms with van der Waals surface area (Å²) < 4.78 is 2.05. The Morgan fingerprint density at radius 2 is 1.87 bits per heavy atom. The van der Waals surface area contributed by atoms with E-state index in [4.69, 9.17) is 11.6 Å². The van der Waals surface area contributed by atoms with Crippen molar-refractivity contribution in [2.24, 2.45) is 7.05 Å². The van der Waals surface area contributed by atoms with Gasteiger partial charge in [-0.1, -0.05) is 23.7 Å². The fourth-order valence-electron chi connectivity index (χ4n) is 2.48. The summed E-state index contributed by atoms with van der Waals surface area (Å²) in [6.45, 7) is 3.98. The molecule has 0 N–H and O–H groups in total. The molecule has 1 aromatic carbocycles. The molecule has 23 heavy (non-hydrogen) atoms. The van der Waals surface area contributed by atoms with Gasteiger partial charge in [0, 0.05) is 18.4 Å². The number of para-hydroxylation sites is 1. The number of thioether (sulfide) groups is 1.